The smallest absolute Gasteiger partial charge is 0.302 e. The third-order valence-corrected chi connectivity index (χ3v) is 3.32. The lowest BCUT2D eigenvalue weighted by molar-refractivity contribution is 0.191. The van der Waals surface area contributed by atoms with Crippen LogP contribution in [-0.2, 0) is 18.0 Å². The lowest BCUT2D eigenvalue weighted by Crippen LogP contribution is -1.93. The van der Waals surface area contributed by atoms with Gasteiger partial charge in [-0.25, -0.2) is 9.13 Å². The molecule has 1 unspecified atom stereocenters. The van der Waals surface area contributed by atoms with Gasteiger partial charge in [-0.2, -0.15) is 4.31 Å². The fourth-order valence-corrected chi connectivity index (χ4v) is 2.19. The minimum Gasteiger partial charge on any atom is -0.302 e. The monoisotopic (exact) mass is 260 g/mol. The van der Waals surface area contributed by atoms with Gasteiger partial charge in [0.2, 0.25) is 0 Å². The van der Waals surface area contributed by atoms with E-state index in [1.807, 2.05) is 6.92 Å². The van der Waals surface area contributed by atoms with Gasteiger partial charge in [0.25, 0.3) is 0 Å². The van der Waals surface area contributed by atoms with Crippen LogP contribution in [0.15, 0.2) is 12.2 Å². The van der Waals surface area contributed by atoms with Gasteiger partial charge in [-0.15, -0.1) is 0 Å². The third kappa shape index (κ3) is 10.3. The standard InChI is InChI=1S/C6H14O7P2/c1-2-3-4-5-6-12-15(10,11)13-14(7,8)9/h4-5H,2-3,6H2,1H3,(H,10,11)(H2,7,8,9)/b5-4-. The Bertz CT molecular complexity index is 294. The van der Waals surface area contributed by atoms with Crippen LogP contribution in [-0.4, -0.2) is 21.3 Å². The Morgan fingerprint density at radius 2 is 1.80 bits per heavy atom. The Morgan fingerprint density at radius 1 is 1.20 bits per heavy atom. The Morgan fingerprint density at radius 3 is 2.27 bits per heavy atom. The van der Waals surface area contributed by atoms with Crippen LogP contribution < -0.4 is 0 Å². The zero-order chi connectivity index (χ0) is 11.9. The highest BCUT2D eigenvalue weighted by Crippen LogP contribution is 2.57. The van der Waals surface area contributed by atoms with Gasteiger partial charge in [-0.1, -0.05) is 25.5 Å². The average molecular weight is 260 g/mol. The molecule has 9 heteroatoms. The van der Waals surface area contributed by atoms with Crippen LogP contribution in [0.5, 0.6) is 0 Å². The van der Waals surface area contributed by atoms with Crippen LogP contribution in [0.25, 0.3) is 0 Å². The molecular weight excluding hydrogens is 246 g/mol. The number of hydrogen-bond donors (Lipinski definition) is 3. The first-order chi connectivity index (χ1) is 6.77. The van der Waals surface area contributed by atoms with E-state index < -0.39 is 15.6 Å². The predicted octanol–water partition coefficient (Wildman–Crippen LogP) is 1.57. The van der Waals surface area contributed by atoms with E-state index in [1.165, 1.54) is 6.08 Å². The molecule has 0 aliphatic carbocycles. The Kier molecular flexibility index (Phi) is 6.55. The summed E-state index contributed by atoms with van der Waals surface area (Å²) in [6, 6.07) is 0. The van der Waals surface area contributed by atoms with Crippen LogP contribution in [0.4, 0.5) is 0 Å². The molecule has 0 spiro atoms. The highest BCUT2D eigenvalue weighted by Gasteiger charge is 2.31. The largest absolute Gasteiger partial charge is 0.481 e. The lowest BCUT2D eigenvalue weighted by atomic mass is 10.3. The fourth-order valence-electron chi connectivity index (χ4n) is 0.648. The summed E-state index contributed by atoms with van der Waals surface area (Å²) in [6.45, 7) is 1.72. The molecule has 0 aliphatic rings. The Balaban J connectivity index is 3.95. The topological polar surface area (TPSA) is 113 Å². The van der Waals surface area contributed by atoms with Gasteiger partial charge in [0.15, 0.2) is 0 Å². The summed E-state index contributed by atoms with van der Waals surface area (Å²) < 4.78 is 28.9. The molecule has 0 bridgehead atoms. The van der Waals surface area contributed by atoms with Crippen molar-refractivity contribution in [3.05, 3.63) is 12.2 Å². The molecule has 7 nitrogen and oxygen atoms in total. The van der Waals surface area contributed by atoms with E-state index in [2.05, 4.69) is 8.83 Å². The molecule has 0 aromatic heterocycles. The van der Waals surface area contributed by atoms with E-state index >= 15 is 0 Å². The number of phosphoric acid groups is 2. The van der Waals surface area contributed by atoms with Gasteiger partial charge in [0.1, 0.15) is 0 Å². The highest BCUT2D eigenvalue weighted by molar-refractivity contribution is 7.60. The minimum absolute atomic E-state index is 0.242. The first-order valence-corrected chi connectivity index (χ1v) is 7.18. The van der Waals surface area contributed by atoms with Gasteiger partial charge in [0, 0.05) is 0 Å². The summed E-state index contributed by atoms with van der Waals surface area (Å²) in [5, 5.41) is 0. The molecule has 0 heterocycles. The van der Waals surface area contributed by atoms with E-state index in [0.29, 0.717) is 0 Å². The van der Waals surface area contributed by atoms with Crippen molar-refractivity contribution >= 4 is 15.6 Å². The van der Waals surface area contributed by atoms with Gasteiger partial charge in [0.05, 0.1) is 6.61 Å². The van der Waals surface area contributed by atoms with Crippen LogP contribution in [0.3, 0.4) is 0 Å². The van der Waals surface area contributed by atoms with Crippen molar-refractivity contribution in [2.75, 3.05) is 6.61 Å². The van der Waals surface area contributed by atoms with E-state index in [1.54, 1.807) is 6.08 Å². The summed E-state index contributed by atoms with van der Waals surface area (Å²) in [6.07, 6.45) is 4.90. The van der Waals surface area contributed by atoms with Crippen LogP contribution in [0.1, 0.15) is 19.8 Å². The van der Waals surface area contributed by atoms with Crippen molar-refractivity contribution in [2.24, 2.45) is 0 Å². The summed E-state index contributed by atoms with van der Waals surface area (Å²) >= 11 is 0. The van der Waals surface area contributed by atoms with E-state index in [-0.39, 0.29) is 6.61 Å². The first-order valence-electron chi connectivity index (χ1n) is 4.16. The summed E-state index contributed by atoms with van der Waals surface area (Å²) in [7, 11) is -9.69. The number of hydrogen-bond acceptors (Lipinski definition) is 4. The highest BCUT2D eigenvalue weighted by atomic mass is 31.3. The normalized spacial score (nSPS) is 16.8. The second kappa shape index (κ2) is 6.55. The number of rotatable bonds is 7. The summed E-state index contributed by atoms with van der Waals surface area (Å²) in [5.74, 6) is 0. The zero-order valence-electron chi connectivity index (χ0n) is 8.15. The van der Waals surface area contributed by atoms with Crippen LogP contribution in [0, 0.1) is 0 Å². The lowest BCUT2D eigenvalue weighted by Gasteiger charge is -2.10. The first kappa shape index (κ1) is 15.0. The molecule has 0 aromatic carbocycles. The molecule has 0 saturated carbocycles. The molecule has 0 saturated heterocycles. The van der Waals surface area contributed by atoms with Crippen molar-refractivity contribution < 1.29 is 32.6 Å². The molecule has 90 valence electrons. The van der Waals surface area contributed by atoms with E-state index in [0.717, 1.165) is 12.8 Å². The maximum atomic E-state index is 10.8. The van der Waals surface area contributed by atoms with E-state index in [4.69, 9.17) is 14.7 Å². The van der Waals surface area contributed by atoms with Crippen molar-refractivity contribution in [1.29, 1.82) is 0 Å². The molecule has 0 radical (unpaired) electrons. The van der Waals surface area contributed by atoms with Crippen molar-refractivity contribution in [3.63, 3.8) is 0 Å². The number of phosphoric ester groups is 1. The van der Waals surface area contributed by atoms with Gasteiger partial charge >= 0.3 is 15.6 Å². The van der Waals surface area contributed by atoms with Gasteiger partial charge < -0.3 is 14.7 Å². The van der Waals surface area contributed by atoms with Gasteiger partial charge in [-0.3, -0.25) is 4.52 Å². The molecule has 0 aromatic rings. The Hall–Kier alpha value is -0.0000000000000000416. The molecule has 0 fully saturated rings. The molecule has 1 atom stereocenters. The second-order valence-corrected chi connectivity index (χ2v) is 5.43. The quantitative estimate of drug-likeness (QED) is 0.470. The molecule has 0 aliphatic heterocycles. The predicted molar refractivity (Wildman–Crippen MR) is 53.0 cm³/mol. The van der Waals surface area contributed by atoms with Crippen LogP contribution >= 0.6 is 15.6 Å². The fraction of sp³-hybridized carbons (Fsp3) is 0.667. The minimum atomic E-state index is -5.01. The molecule has 3 N–H and O–H groups in total. The third-order valence-electron chi connectivity index (χ3n) is 1.17. The van der Waals surface area contributed by atoms with Crippen molar-refractivity contribution in [3.8, 4) is 0 Å². The summed E-state index contributed by atoms with van der Waals surface area (Å²) in [4.78, 5) is 25.3. The zero-order valence-corrected chi connectivity index (χ0v) is 9.93. The molecule has 0 rings (SSSR count). The average Bonchev–Trinajstić information content (AvgIpc) is 1.99. The molecule has 0 amide bonds. The SMILES string of the molecule is CCC/C=C\COP(=O)(O)OP(=O)(O)O. The van der Waals surface area contributed by atoms with Gasteiger partial charge in [-0.05, 0) is 6.42 Å². The van der Waals surface area contributed by atoms with E-state index in [9.17, 15) is 9.13 Å². The second-order valence-electron chi connectivity index (χ2n) is 2.60. The van der Waals surface area contributed by atoms with Crippen LogP contribution in [0.2, 0.25) is 0 Å². The number of unbranched alkanes of at least 4 members (excludes halogenated alkanes) is 1. The molecule has 15 heavy (non-hydrogen) atoms. The van der Waals surface area contributed by atoms with Crippen molar-refractivity contribution in [2.45, 2.75) is 19.8 Å². The van der Waals surface area contributed by atoms with Crippen molar-refractivity contribution in [1.82, 2.24) is 0 Å². The Labute approximate surface area is 87.6 Å². The molecular formula is C6H14O7P2. The maximum Gasteiger partial charge on any atom is 0.481 e. The summed E-state index contributed by atoms with van der Waals surface area (Å²) in [5.41, 5.74) is 0. The number of allylic oxidation sites excluding steroid dienone is 1. The maximum absolute atomic E-state index is 10.8.